The van der Waals surface area contributed by atoms with E-state index in [4.69, 9.17) is 10.5 Å². The number of benzene rings is 1. The van der Waals surface area contributed by atoms with Crippen molar-refractivity contribution in [3.05, 3.63) is 29.3 Å². The van der Waals surface area contributed by atoms with E-state index in [0.717, 1.165) is 6.29 Å². The third kappa shape index (κ3) is 2.15. The zero-order valence-corrected chi connectivity index (χ0v) is 8.69. The minimum atomic E-state index is -0.558. The molecule has 4 nitrogen and oxygen atoms in total. The third-order valence-corrected chi connectivity index (χ3v) is 2.21. The standard InChI is InChI=1S/C11H13NO3/c1-7(6-13)10-8(11(12)14)4-3-5-9(10)15-2/h3-7H,1-2H3,(H2,12,14). The van der Waals surface area contributed by atoms with Gasteiger partial charge in [-0.05, 0) is 12.1 Å². The van der Waals surface area contributed by atoms with Gasteiger partial charge in [-0.25, -0.2) is 0 Å². The largest absolute Gasteiger partial charge is 0.496 e. The lowest BCUT2D eigenvalue weighted by Gasteiger charge is -2.13. The number of rotatable bonds is 4. The molecule has 2 N–H and O–H groups in total. The summed E-state index contributed by atoms with van der Waals surface area (Å²) < 4.78 is 5.09. The summed E-state index contributed by atoms with van der Waals surface area (Å²) in [6.07, 6.45) is 0.754. The van der Waals surface area contributed by atoms with Gasteiger partial charge in [-0.3, -0.25) is 4.79 Å². The van der Waals surface area contributed by atoms with Crippen molar-refractivity contribution < 1.29 is 14.3 Å². The molecule has 0 bridgehead atoms. The molecule has 0 aromatic heterocycles. The van der Waals surface area contributed by atoms with Crippen LogP contribution in [0.4, 0.5) is 0 Å². The highest BCUT2D eigenvalue weighted by Crippen LogP contribution is 2.28. The first kappa shape index (κ1) is 11.2. The minimum absolute atomic E-state index is 0.328. The second kappa shape index (κ2) is 4.59. The molecule has 0 saturated heterocycles. The molecule has 1 aromatic carbocycles. The molecule has 4 heteroatoms. The van der Waals surface area contributed by atoms with Gasteiger partial charge in [0.15, 0.2) is 0 Å². The number of primary amides is 1. The fourth-order valence-electron chi connectivity index (χ4n) is 1.47. The molecule has 0 fully saturated rings. The zero-order valence-electron chi connectivity index (χ0n) is 8.69. The first-order valence-corrected chi connectivity index (χ1v) is 4.53. The molecule has 1 unspecified atom stereocenters. The second-order valence-electron chi connectivity index (χ2n) is 3.21. The first-order valence-electron chi connectivity index (χ1n) is 4.53. The van der Waals surface area contributed by atoms with Crippen molar-refractivity contribution in [1.29, 1.82) is 0 Å². The molecule has 1 amide bonds. The van der Waals surface area contributed by atoms with Crippen LogP contribution >= 0.6 is 0 Å². The fourth-order valence-corrected chi connectivity index (χ4v) is 1.47. The summed E-state index contributed by atoms with van der Waals surface area (Å²) in [5.74, 6) is -0.466. The number of amides is 1. The number of nitrogens with two attached hydrogens (primary N) is 1. The quantitative estimate of drug-likeness (QED) is 0.751. The SMILES string of the molecule is COc1cccc(C(N)=O)c1C(C)C=O. The van der Waals surface area contributed by atoms with E-state index in [1.54, 1.807) is 25.1 Å². The Kier molecular flexibility index (Phi) is 3.44. The monoisotopic (exact) mass is 207 g/mol. The van der Waals surface area contributed by atoms with E-state index in [1.165, 1.54) is 7.11 Å². The Balaban J connectivity index is 3.39. The summed E-state index contributed by atoms with van der Waals surface area (Å²) in [4.78, 5) is 21.9. The van der Waals surface area contributed by atoms with Gasteiger partial charge in [-0.2, -0.15) is 0 Å². The van der Waals surface area contributed by atoms with Crippen LogP contribution in [0, 0.1) is 0 Å². The lowest BCUT2D eigenvalue weighted by atomic mass is 9.95. The van der Waals surface area contributed by atoms with E-state index in [9.17, 15) is 9.59 Å². The highest BCUT2D eigenvalue weighted by atomic mass is 16.5. The average molecular weight is 207 g/mol. The van der Waals surface area contributed by atoms with E-state index in [-0.39, 0.29) is 0 Å². The summed E-state index contributed by atoms with van der Waals surface area (Å²) >= 11 is 0. The molecule has 0 radical (unpaired) electrons. The number of carbonyl (C=O) groups excluding carboxylic acids is 2. The molecular weight excluding hydrogens is 194 g/mol. The number of aldehydes is 1. The maximum Gasteiger partial charge on any atom is 0.249 e. The Morgan fingerprint density at radius 3 is 2.67 bits per heavy atom. The van der Waals surface area contributed by atoms with Crippen LogP contribution in [0.1, 0.15) is 28.8 Å². The minimum Gasteiger partial charge on any atom is -0.496 e. The van der Waals surface area contributed by atoms with Gasteiger partial charge < -0.3 is 15.3 Å². The van der Waals surface area contributed by atoms with Crippen molar-refractivity contribution >= 4 is 12.2 Å². The molecular formula is C11H13NO3. The smallest absolute Gasteiger partial charge is 0.249 e. The van der Waals surface area contributed by atoms with Gasteiger partial charge >= 0.3 is 0 Å². The van der Waals surface area contributed by atoms with Crippen LogP contribution in [-0.4, -0.2) is 19.3 Å². The normalized spacial score (nSPS) is 11.9. The van der Waals surface area contributed by atoms with Crippen LogP contribution < -0.4 is 10.5 Å². The van der Waals surface area contributed by atoms with Crippen molar-refractivity contribution in [3.63, 3.8) is 0 Å². The molecule has 0 aliphatic carbocycles. The predicted octanol–water partition coefficient (Wildman–Crippen LogP) is 1.10. The zero-order chi connectivity index (χ0) is 11.4. The number of ether oxygens (including phenoxy) is 1. The molecule has 15 heavy (non-hydrogen) atoms. The maximum absolute atomic E-state index is 11.2. The molecule has 0 aliphatic rings. The second-order valence-corrected chi connectivity index (χ2v) is 3.21. The van der Waals surface area contributed by atoms with Gasteiger partial charge in [0.25, 0.3) is 0 Å². The Labute approximate surface area is 88.0 Å². The molecule has 0 spiro atoms. The van der Waals surface area contributed by atoms with Crippen molar-refractivity contribution in [3.8, 4) is 5.75 Å². The van der Waals surface area contributed by atoms with E-state index in [0.29, 0.717) is 16.9 Å². The van der Waals surface area contributed by atoms with E-state index < -0.39 is 11.8 Å². The molecule has 80 valence electrons. The summed E-state index contributed by atoms with van der Waals surface area (Å²) in [5.41, 5.74) is 6.09. The van der Waals surface area contributed by atoms with Crippen LogP contribution in [-0.2, 0) is 4.79 Å². The number of methoxy groups -OCH3 is 1. The van der Waals surface area contributed by atoms with Crippen LogP contribution in [0.15, 0.2) is 18.2 Å². The highest BCUT2D eigenvalue weighted by Gasteiger charge is 2.18. The van der Waals surface area contributed by atoms with E-state index >= 15 is 0 Å². The average Bonchev–Trinajstić information content (AvgIpc) is 2.26. The maximum atomic E-state index is 11.2. The Bertz CT molecular complexity index is 387. The Morgan fingerprint density at radius 1 is 1.53 bits per heavy atom. The lowest BCUT2D eigenvalue weighted by Crippen LogP contribution is -2.16. The van der Waals surface area contributed by atoms with Gasteiger partial charge in [0, 0.05) is 17.0 Å². The topological polar surface area (TPSA) is 69.4 Å². The molecule has 1 atom stereocenters. The van der Waals surface area contributed by atoms with Crippen LogP contribution in [0.25, 0.3) is 0 Å². The third-order valence-electron chi connectivity index (χ3n) is 2.21. The summed E-state index contributed by atoms with van der Waals surface area (Å²) in [6, 6.07) is 4.95. The first-order chi connectivity index (χ1) is 7.11. The van der Waals surface area contributed by atoms with Gasteiger partial charge in [0.2, 0.25) is 5.91 Å². The van der Waals surface area contributed by atoms with Crippen LogP contribution in [0.5, 0.6) is 5.75 Å². The summed E-state index contributed by atoms with van der Waals surface area (Å²) in [6.45, 7) is 1.69. The predicted molar refractivity (Wildman–Crippen MR) is 56.0 cm³/mol. The van der Waals surface area contributed by atoms with Gasteiger partial charge in [-0.1, -0.05) is 13.0 Å². The lowest BCUT2D eigenvalue weighted by molar-refractivity contribution is -0.108. The molecule has 0 heterocycles. The fraction of sp³-hybridized carbons (Fsp3) is 0.273. The molecule has 1 rings (SSSR count). The van der Waals surface area contributed by atoms with Gasteiger partial charge in [0.1, 0.15) is 12.0 Å². The van der Waals surface area contributed by atoms with Crippen molar-refractivity contribution in [2.24, 2.45) is 5.73 Å². The van der Waals surface area contributed by atoms with Crippen LogP contribution in [0.2, 0.25) is 0 Å². The van der Waals surface area contributed by atoms with Crippen LogP contribution in [0.3, 0.4) is 0 Å². The number of hydrogen-bond donors (Lipinski definition) is 1. The Morgan fingerprint density at radius 2 is 2.20 bits per heavy atom. The molecule has 0 saturated carbocycles. The number of carbonyl (C=O) groups is 2. The highest BCUT2D eigenvalue weighted by molar-refractivity contribution is 5.96. The van der Waals surface area contributed by atoms with Gasteiger partial charge in [0.05, 0.1) is 7.11 Å². The van der Waals surface area contributed by atoms with E-state index in [1.807, 2.05) is 0 Å². The van der Waals surface area contributed by atoms with Gasteiger partial charge in [-0.15, -0.1) is 0 Å². The Hall–Kier alpha value is -1.84. The van der Waals surface area contributed by atoms with Crippen molar-refractivity contribution in [2.45, 2.75) is 12.8 Å². The van der Waals surface area contributed by atoms with E-state index in [2.05, 4.69) is 0 Å². The summed E-state index contributed by atoms with van der Waals surface area (Å²) in [7, 11) is 1.49. The van der Waals surface area contributed by atoms with Crippen molar-refractivity contribution in [2.75, 3.05) is 7.11 Å². The molecule has 0 aliphatic heterocycles. The van der Waals surface area contributed by atoms with Crippen molar-refractivity contribution in [1.82, 2.24) is 0 Å². The molecule has 1 aromatic rings. The number of hydrogen-bond acceptors (Lipinski definition) is 3. The summed E-state index contributed by atoms with van der Waals surface area (Å²) in [5, 5.41) is 0.